The molecule has 0 amide bonds. The fourth-order valence-electron chi connectivity index (χ4n) is 0.649. The average molecular weight is 185 g/mol. The number of carbonyl (C=O) groups is 1. The Kier molecular flexibility index (Phi) is 6.24. The van der Waals surface area contributed by atoms with Gasteiger partial charge < -0.3 is 9.47 Å². The highest BCUT2D eigenvalue weighted by atomic mass is 16.6. The van der Waals surface area contributed by atoms with Crippen molar-refractivity contribution in [2.45, 2.75) is 26.4 Å². The molecule has 13 heavy (non-hydrogen) atoms. The highest BCUT2D eigenvalue weighted by Crippen LogP contribution is 1.97. The summed E-state index contributed by atoms with van der Waals surface area (Å²) < 4.78 is 10.1. The molecule has 3 heteroatoms. The first kappa shape index (κ1) is 12.2. The summed E-state index contributed by atoms with van der Waals surface area (Å²) in [4.78, 5) is 10.9. The highest BCUT2D eigenvalue weighted by molar-refractivity contribution is 5.86. The van der Waals surface area contributed by atoms with Crippen molar-refractivity contribution in [2.24, 2.45) is 0 Å². The van der Waals surface area contributed by atoms with E-state index in [0.29, 0.717) is 12.2 Å². The highest BCUT2D eigenvalue weighted by Gasteiger charge is 2.07. The Bertz CT molecular complexity index is 175. The van der Waals surface area contributed by atoms with Crippen LogP contribution in [0.1, 0.15) is 20.3 Å². The Balaban J connectivity index is 3.51. The number of carbonyl (C=O) groups excluding carboxylic acids is 1. The smallest absolute Gasteiger partial charge is 0.333 e. The van der Waals surface area contributed by atoms with Crippen LogP contribution < -0.4 is 0 Å². The molecule has 0 fully saturated rings. The minimum absolute atomic E-state index is 0.0787. The van der Waals surface area contributed by atoms with Crippen molar-refractivity contribution in [3.05, 3.63) is 19.1 Å². The van der Waals surface area contributed by atoms with Gasteiger partial charge in [0.25, 0.3) is 0 Å². The van der Waals surface area contributed by atoms with Crippen LogP contribution in [0.3, 0.4) is 0 Å². The standard InChI is InChI=1S/C10H17O3/c1-5-6-12-9(4)7-13-10(11)8(2)3/h9H,1-2,5-7H2,3-4H3. The molecule has 1 radical (unpaired) electrons. The second-order valence-corrected chi connectivity index (χ2v) is 2.91. The lowest BCUT2D eigenvalue weighted by Gasteiger charge is -2.12. The molecule has 75 valence electrons. The number of esters is 1. The zero-order chi connectivity index (χ0) is 10.3. The summed E-state index contributed by atoms with van der Waals surface area (Å²) in [5.41, 5.74) is 0.407. The van der Waals surface area contributed by atoms with Gasteiger partial charge in [-0.2, -0.15) is 0 Å². The number of ether oxygens (including phenoxy) is 2. The van der Waals surface area contributed by atoms with E-state index in [1.807, 2.05) is 6.92 Å². The van der Waals surface area contributed by atoms with Crippen molar-refractivity contribution in [1.82, 2.24) is 0 Å². The maximum atomic E-state index is 10.9. The summed E-state index contributed by atoms with van der Waals surface area (Å²) in [5.74, 6) is -0.370. The quantitative estimate of drug-likeness (QED) is 0.467. The zero-order valence-electron chi connectivity index (χ0n) is 8.34. The Morgan fingerprint density at radius 3 is 2.62 bits per heavy atom. The fourth-order valence-corrected chi connectivity index (χ4v) is 0.649. The molecular weight excluding hydrogens is 168 g/mol. The topological polar surface area (TPSA) is 35.5 Å². The number of rotatable bonds is 6. The van der Waals surface area contributed by atoms with E-state index < -0.39 is 0 Å². The molecule has 1 atom stereocenters. The molecule has 0 saturated heterocycles. The van der Waals surface area contributed by atoms with E-state index in [1.54, 1.807) is 6.92 Å². The van der Waals surface area contributed by atoms with Crippen molar-refractivity contribution in [3.8, 4) is 0 Å². The average Bonchev–Trinajstić information content (AvgIpc) is 2.10. The van der Waals surface area contributed by atoms with Crippen molar-refractivity contribution in [2.75, 3.05) is 13.2 Å². The van der Waals surface area contributed by atoms with Crippen LogP contribution in [0.4, 0.5) is 0 Å². The van der Waals surface area contributed by atoms with Gasteiger partial charge in [-0.25, -0.2) is 4.79 Å². The minimum atomic E-state index is -0.370. The van der Waals surface area contributed by atoms with Gasteiger partial charge in [0.1, 0.15) is 6.61 Å². The van der Waals surface area contributed by atoms with Gasteiger partial charge in [-0.1, -0.05) is 13.5 Å². The lowest BCUT2D eigenvalue weighted by molar-refractivity contribution is -0.142. The third-order valence-corrected chi connectivity index (χ3v) is 1.34. The summed E-state index contributed by atoms with van der Waals surface area (Å²) in [5, 5.41) is 0. The predicted molar refractivity (Wildman–Crippen MR) is 51.2 cm³/mol. The molecule has 1 unspecified atom stereocenters. The van der Waals surface area contributed by atoms with Crippen LogP contribution in [0.5, 0.6) is 0 Å². The second kappa shape index (κ2) is 6.66. The summed E-state index contributed by atoms with van der Waals surface area (Å²) in [6, 6.07) is 0. The van der Waals surface area contributed by atoms with E-state index in [2.05, 4.69) is 13.5 Å². The van der Waals surface area contributed by atoms with E-state index in [0.717, 1.165) is 6.42 Å². The molecule has 0 bridgehead atoms. The Morgan fingerprint density at radius 1 is 1.54 bits per heavy atom. The molecule has 0 saturated carbocycles. The maximum absolute atomic E-state index is 10.9. The van der Waals surface area contributed by atoms with E-state index in [1.165, 1.54) is 0 Å². The van der Waals surface area contributed by atoms with Gasteiger partial charge in [-0.05, 0) is 20.3 Å². The largest absolute Gasteiger partial charge is 0.460 e. The second-order valence-electron chi connectivity index (χ2n) is 2.91. The fraction of sp³-hybridized carbons (Fsp3) is 0.600. The summed E-state index contributed by atoms with van der Waals surface area (Å²) in [6.45, 7) is 11.4. The van der Waals surface area contributed by atoms with Crippen molar-refractivity contribution in [1.29, 1.82) is 0 Å². The molecule has 0 spiro atoms. The third kappa shape index (κ3) is 6.34. The first-order valence-electron chi connectivity index (χ1n) is 4.31. The minimum Gasteiger partial charge on any atom is -0.460 e. The van der Waals surface area contributed by atoms with Crippen LogP contribution in [-0.4, -0.2) is 25.3 Å². The van der Waals surface area contributed by atoms with E-state index in [-0.39, 0.29) is 18.7 Å². The first-order chi connectivity index (χ1) is 6.07. The van der Waals surface area contributed by atoms with E-state index in [9.17, 15) is 4.79 Å². The van der Waals surface area contributed by atoms with Gasteiger partial charge >= 0.3 is 5.97 Å². The van der Waals surface area contributed by atoms with Crippen LogP contribution in [0.15, 0.2) is 12.2 Å². The van der Waals surface area contributed by atoms with Crippen LogP contribution in [0.25, 0.3) is 0 Å². The summed E-state index contributed by atoms with van der Waals surface area (Å²) in [6.07, 6.45) is 0.642. The third-order valence-electron chi connectivity index (χ3n) is 1.34. The Labute approximate surface area is 79.7 Å². The molecule has 3 nitrogen and oxygen atoms in total. The van der Waals surface area contributed by atoms with Crippen LogP contribution >= 0.6 is 0 Å². The maximum Gasteiger partial charge on any atom is 0.333 e. The normalized spacial score (nSPS) is 12.2. The SMILES string of the molecule is [CH2]CCOC(C)COC(=O)C(=C)C. The molecule has 0 aliphatic rings. The molecule has 0 N–H and O–H groups in total. The van der Waals surface area contributed by atoms with Crippen molar-refractivity contribution < 1.29 is 14.3 Å². The van der Waals surface area contributed by atoms with E-state index >= 15 is 0 Å². The van der Waals surface area contributed by atoms with Gasteiger partial charge in [0.15, 0.2) is 0 Å². The van der Waals surface area contributed by atoms with E-state index in [4.69, 9.17) is 9.47 Å². The Morgan fingerprint density at radius 2 is 2.15 bits per heavy atom. The van der Waals surface area contributed by atoms with Crippen LogP contribution in [-0.2, 0) is 14.3 Å². The van der Waals surface area contributed by atoms with Gasteiger partial charge in [-0.15, -0.1) is 0 Å². The van der Waals surface area contributed by atoms with Gasteiger partial charge in [0.05, 0.1) is 6.10 Å². The number of hydrogen-bond acceptors (Lipinski definition) is 3. The van der Waals surface area contributed by atoms with Gasteiger partial charge in [0.2, 0.25) is 0 Å². The lowest BCUT2D eigenvalue weighted by atomic mass is 10.3. The van der Waals surface area contributed by atoms with Crippen molar-refractivity contribution in [3.63, 3.8) is 0 Å². The summed E-state index contributed by atoms with van der Waals surface area (Å²) in [7, 11) is 0. The molecule has 0 rings (SSSR count). The summed E-state index contributed by atoms with van der Waals surface area (Å²) >= 11 is 0. The van der Waals surface area contributed by atoms with Crippen molar-refractivity contribution >= 4 is 5.97 Å². The molecule has 0 aromatic rings. The van der Waals surface area contributed by atoms with Gasteiger partial charge in [-0.3, -0.25) is 0 Å². The lowest BCUT2D eigenvalue weighted by Crippen LogP contribution is -2.19. The first-order valence-corrected chi connectivity index (χ1v) is 4.31. The zero-order valence-corrected chi connectivity index (χ0v) is 8.34. The van der Waals surface area contributed by atoms with Gasteiger partial charge in [0, 0.05) is 12.2 Å². The van der Waals surface area contributed by atoms with Crippen LogP contribution in [0.2, 0.25) is 0 Å². The molecule has 0 heterocycles. The molecule has 0 aliphatic carbocycles. The molecule has 0 aromatic carbocycles. The molecule has 0 aromatic heterocycles. The molecular formula is C10H17O3. The van der Waals surface area contributed by atoms with Crippen LogP contribution in [0, 0.1) is 6.92 Å². The number of hydrogen-bond donors (Lipinski definition) is 0. The molecule has 0 aliphatic heterocycles. The predicted octanol–water partition coefficient (Wildman–Crippen LogP) is 1.73. The Hall–Kier alpha value is -0.830. The monoisotopic (exact) mass is 185 g/mol.